The summed E-state index contributed by atoms with van der Waals surface area (Å²) in [5, 5.41) is 12.2. The van der Waals surface area contributed by atoms with Gasteiger partial charge < -0.3 is 14.0 Å². The number of carbonyl (C=O) groups is 1. The van der Waals surface area contributed by atoms with E-state index in [1.807, 2.05) is 6.92 Å². The molecule has 1 atom stereocenters. The third kappa shape index (κ3) is 2.92. The second-order valence-corrected chi connectivity index (χ2v) is 4.73. The third-order valence-electron chi connectivity index (χ3n) is 2.26. The minimum Gasteiger partial charge on any atom is -0.480 e. The molecule has 18 heavy (non-hydrogen) atoms. The molecule has 2 aromatic heterocycles. The number of hydrogen-bond acceptors (Lipinski definition) is 6. The topological polar surface area (TPSA) is 89.4 Å². The van der Waals surface area contributed by atoms with Crippen molar-refractivity contribution in [2.24, 2.45) is 0 Å². The lowest BCUT2D eigenvalue weighted by atomic mass is 10.3. The van der Waals surface area contributed by atoms with Gasteiger partial charge in [0.25, 0.3) is 5.89 Å². The van der Waals surface area contributed by atoms with Crippen molar-refractivity contribution >= 4 is 17.7 Å². The molecule has 0 saturated heterocycles. The third-order valence-corrected chi connectivity index (χ3v) is 3.62. The van der Waals surface area contributed by atoms with E-state index in [-0.39, 0.29) is 0 Å². The van der Waals surface area contributed by atoms with E-state index in [1.54, 1.807) is 12.1 Å². The second-order valence-electron chi connectivity index (χ2n) is 3.54. The van der Waals surface area contributed by atoms with Crippen molar-refractivity contribution in [1.29, 1.82) is 0 Å². The number of carboxylic acid groups (broad SMARTS) is 1. The van der Waals surface area contributed by atoms with E-state index >= 15 is 0 Å². The van der Waals surface area contributed by atoms with E-state index in [4.69, 9.17) is 14.0 Å². The molecular weight excluding hydrogens is 256 g/mol. The van der Waals surface area contributed by atoms with Gasteiger partial charge >= 0.3 is 5.97 Å². The summed E-state index contributed by atoms with van der Waals surface area (Å²) in [7, 11) is 0. The lowest BCUT2D eigenvalue weighted by Crippen LogP contribution is -2.15. The first-order valence-corrected chi connectivity index (χ1v) is 6.46. The van der Waals surface area contributed by atoms with Crippen LogP contribution in [-0.2, 0) is 10.5 Å². The molecule has 1 unspecified atom stereocenters. The standard InChI is InChI=1S/C11H12N2O4S/c1-2-8(11(14)15)18-6-9-12-10(17-13-9)7-4-3-5-16-7/h3-5,8H,2,6H2,1H3,(H,14,15). The highest BCUT2D eigenvalue weighted by Gasteiger charge is 2.17. The van der Waals surface area contributed by atoms with Gasteiger partial charge in [-0.25, -0.2) is 0 Å². The Morgan fingerprint density at radius 1 is 1.61 bits per heavy atom. The summed E-state index contributed by atoms with van der Waals surface area (Å²) in [5.74, 6) is 0.848. The van der Waals surface area contributed by atoms with E-state index in [9.17, 15) is 4.79 Å². The van der Waals surface area contributed by atoms with Crippen molar-refractivity contribution in [2.45, 2.75) is 24.3 Å². The van der Waals surface area contributed by atoms with Crippen LogP contribution in [0.15, 0.2) is 27.3 Å². The number of hydrogen-bond donors (Lipinski definition) is 1. The molecule has 0 spiro atoms. The Kier molecular flexibility index (Phi) is 4.03. The van der Waals surface area contributed by atoms with Gasteiger partial charge in [0.2, 0.25) is 0 Å². The molecule has 2 aromatic rings. The quantitative estimate of drug-likeness (QED) is 0.860. The number of carboxylic acids is 1. The van der Waals surface area contributed by atoms with E-state index in [0.717, 1.165) is 0 Å². The van der Waals surface area contributed by atoms with Crippen LogP contribution in [0.3, 0.4) is 0 Å². The fourth-order valence-corrected chi connectivity index (χ4v) is 2.20. The number of thioether (sulfide) groups is 1. The van der Waals surface area contributed by atoms with Gasteiger partial charge in [0.15, 0.2) is 11.6 Å². The number of aromatic nitrogens is 2. The minimum absolute atomic E-state index is 0.305. The summed E-state index contributed by atoms with van der Waals surface area (Å²) >= 11 is 1.28. The van der Waals surface area contributed by atoms with Gasteiger partial charge in [-0.1, -0.05) is 12.1 Å². The summed E-state index contributed by atoms with van der Waals surface area (Å²) in [5.41, 5.74) is 0. The summed E-state index contributed by atoms with van der Waals surface area (Å²) < 4.78 is 10.1. The smallest absolute Gasteiger partial charge is 0.316 e. The number of rotatable bonds is 6. The van der Waals surface area contributed by atoms with Crippen LogP contribution in [-0.4, -0.2) is 26.5 Å². The van der Waals surface area contributed by atoms with Crippen LogP contribution in [0.4, 0.5) is 0 Å². The molecule has 0 aliphatic carbocycles. The molecule has 0 saturated carbocycles. The van der Waals surface area contributed by atoms with E-state index in [1.165, 1.54) is 18.0 Å². The van der Waals surface area contributed by atoms with Gasteiger partial charge in [0.1, 0.15) is 5.25 Å². The van der Waals surface area contributed by atoms with Crippen molar-refractivity contribution in [3.63, 3.8) is 0 Å². The highest BCUT2D eigenvalue weighted by Crippen LogP contribution is 2.22. The van der Waals surface area contributed by atoms with Crippen LogP contribution < -0.4 is 0 Å². The molecule has 96 valence electrons. The zero-order valence-corrected chi connectivity index (χ0v) is 10.5. The van der Waals surface area contributed by atoms with Crippen molar-refractivity contribution in [3.8, 4) is 11.7 Å². The minimum atomic E-state index is -0.822. The van der Waals surface area contributed by atoms with Gasteiger partial charge in [-0.3, -0.25) is 4.79 Å². The maximum absolute atomic E-state index is 10.8. The van der Waals surface area contributed by atoms with Crippen LogP contribution in [0.2, 0.25) is 0 Å². The Morgan fingerprint density at radius 3 is 3.06 bits per heavy atom. The Labute approximate surface area is 107 Å². The average molecular weight is 268 g/mol. The van der Waals surface area contributed by atoms with E-state index in [0.29, 0.717) is 29.6 Å². The van der Waals surface area contributed by atoms with Crippen LogP contribution in [0.5, 0.6) is 0 Å². The highest BCUT2D eigenvalue weighted by molar-refractivity contribution is 7.99. The SMILES string of the molecule is CCC(SCc1noc(-c2ccco2)n1)C(=O)O. The molecule has 0 bridgehead atoms. The molecule has 0 amide bonds. The first-order valence-electron chi connectivity index (χ1n) is 5.41. The largest absolute Gasteiger partial charge is 0.480 e. The maximum atomic E-state index is 10.8. The fourth-order valence-electron chi connectivity index (χ4n) is 1.35. The van der Waals surface area contributed by atoms with Crippen molar-refractivity contribution in [2.75, 3.05) is 0 Å². The summed E-state index contributed by atoms with van der Waals surface area (Å²) in [6, 6.07) is 3.45. The average Bonchev–Trinajstić information content (AvgIpc) is 2.99. The van der Waals surface area contributed by atoms with E-state index < -0.39 is 11.2 Å². The lowest BCUT2D eigenvalue weighted by molar-refractivity contribution is -0.136. The lowest BCUT2D eigenvalue weighted by Gasteiger charge is -2.06. The Hall–Kier alpha value is -1.76. The van der Waals surface area contributed by atoms with Crippen molar-refractivity contribution in [3.05, 3.63) is 24.2 Å². The fraction of sp³-hybridized carbons (Fsp3) is 0.364. The molecule has 6 nitrogen and oxygen atoms in total. The molecule has 2 heterocycles. The van der Waals surface area contributed by atoms with Gasteiger partial charge in [0, 0.05) is 0 Å². The molecule has 7 heteroatoms. The number of furan rings is 1. The van der Waals surface area contributed by atoms with Crippen molar-refractivity contribution < 1.29 is 18.8 Å². The van der Waals surface area contributed by atoms with Crippen LogP contribution in [0.1, 0.15) is 19.2 Å². The van der Waals surface area contributed by atoms with Crippen LogP contribution >= 0.6 is 11.8 Å². The molecule has 1 N–H and O–H groups in total. The number of aliphatic carboxylic acids is 1. The summed E-state index contributed by atoms with van der Waals surface area (Å²) in [6.07, 6.45) is 2.08. The molecule has 0 radical (unpaired) electrons. The second kappa shape index (κ2) is 5.72. The van der Waals surface area contributed by atoms with Gasteiger partial charge in [0.05, 0.1) is 12.0 Å². The monoisotopic (exact) mass is 268 g/mol. The Bertz CT molecular complexity index is 509. The Morgan fingerprint density at radius 2 is 2.44 bits per heavy atom. The maximum Gasteiger partial charge on any atom is 0.316 e. The van der Waals surface area contributed by atoms with Gasteiger partial charge in [-0.05, 0) is 18.6 Å². The van der Waals surface area contributed by atoms with Gasteiger partial charge in [-0.15, -0.1) is 11.8 Å². The van der Waals surface area contributed by atoms with E-state index in [2.05, 4.69) is 10.1 Å². The predicted molar refractivity (Wildman–Crippen MR) is 65.0 cm³/mol. The zero-order chi connectivity index (χ0) is 13.0. The highest BCUT2D eigenvalue weighted by atomic mass is 32.2. The molecule has 0 fully saturated rings. The molecule has 0 aromatic carbocycles. The molecule has 0 aliphatic heterocycles. The normalized spacial score (nSPS) is 12.5. The van der Waals surface area contributed by atoms with Gasteiger partial charge in [-0.2, -0.15) is 4.98 Å². The Balaban J connectivity index is 1.97. The zero-order valence-electron chi connectivity index (χ0n) is 9.70. The van der Waals surface area contributed by atoms with Crippen LogP contribution in [0, 0.1) is 0 Å². The van der Waals surface area contributed by atoms with Crippen molar-refractivity contribution in [1.82, 2.24) is 10.1 Å². The molecular formula is C11H12N2O4S. The first kappa shape index (κ1) is 12.7. The first-order chi connectivity index (χ1) is 8.70. The summed E-state index contributed by atoms with van der Waals surface area (Å²) in [4.78, 5) is 15.0. The molecule has 2 rings (SSSR count). The summed E-state index contributed by atoms with van der Waals surface area (Å²) in [6.45, 7) is 1.83. The predicted octanol–water partition coefficient (Wildman–Crippen LogP) is 2.43. The van der Waals surface area contributed by atoms with Crippen LogP contribution in [0.25, 0.3) is 11.7 Å². The molecule has 0 aliphatic rings. The number of nitrogens with zero attached hydrogens (tertiary/aromatic N) is 2.